The van der Waals surface area contributed by atoms with Crippen molar-refractivity contribution < 1.29 is 19.0 Å². The van der Waals surface area contributed by atoms with Gasteiger partial charge >= 0.3 is 0 Å². The molecule has 1 aliphatic heterocycles. The lowest BCUT2D eigenvalue weighted by atomic mass is 9.99. The number of pyridine rings is 1. The number of nitrogens with zero attached hydrogens (tertiary/aromatic N) is 2. The first-order chi connectivity index (χ1) is 16.6. The summed E-state index contributed by atoms with van der Waals surface area (Å²) in [6.07, 6.45) is 3.43. The standard InChI is InChI=1S/C27H26FN3O3/c1-34-26(17-32)25(15-21-6-4-5-13-29-21)31-27(33)23-8-3-2-7-22(23)24-14-19(16-30-24)18-9-11-20(28)12-10-18/h2-14,25-26,32H,15-17H2,1H3,(H,31,33)/t25-,26-/m1/s1. The third-order valence-electron chi connectivity index (χ3n) is 5.80. The van der Waals surface area contributed by atoms with Gasteiger partial charge in [-0.15, -0.1) is 0 Å². The number of aliphatic hydroxyl groups excluding tert-OH is 1. The van der Waals surface area contributed by atoms with Gasteiger partial charge in [0, 0.05) is 36.5 Å². The van der Waals surface area contributed by atoms with E-state index < -0.39 is 12.1 Å². The molecule has 0 saturated carbocycles. The molecule has 4 rings (SSSR count). The smallest absolute Gasteiger partial charge is 0.252 e. The molecule has 1 aromatic heterocycles. The normalized spacial score (nSPS) is 14.8. The SMILES string of the molecule is CO[C@H](CO)[C@@H](Cc1ccccn1)NC(=O)c1ccccc1C1=NCC(c2ccc(F)cc2)=C1. The van der Waals surface area contributed by atoms with Crippen LogP contribution in [0, 0.1) is 5.82 Å². The molecule has 1 aliphatic rings. The summed E-state index contributed by atoms with van der Waals surface area (Å²) in [5.74, 6) is -0.582. The largest absolute Gasteiger partial charge is 0.394 e. The van der Waals surface area contributed by atoms with Crippen molar-refractivity contribution in [1.29, 1.82) is 0 Å². The lowest BCUT2D eigenvalue weighted by molar-refractivity contribution is 0.0214. The molecule has 7 heteroatoms. The van der Waals surface area contributed by atoms with Gasteiger partial charge in [0.15, 0.2) is 0 Å². The Labute approximate surface area is 197 Å². The van der Waals surface area contributed by atoms with Gasteiger partial charge in [-0.3, -0.25) is 14.8 Å². The first-order valence-electron chi connectivity index (χ1n) is 11.0. The highest BCUT2D eigenvalue weighted by Gasteiger charge is 2.26. The third kappa shape index (κ3) is 5.44. The fraction of sp³-hybridized carbons (Fsp3) is 0.222. The number of ether oxygens (including phenoxy) is 1. The van der Waals surface area contributed by atoms with Gasteiger partial charge in [0.1, 0.15) is 11.9 Å². The highest BCUT2D eigenvalue weighted by molar-refractivity contribution is 6.19. The third-order valence-corrected chi connectivity index (χ3v) is 5.80. The molecule has 0 radical (unpaired) electrons. The zero-order valence-electron chi connectivity index (χ0n) is 18.8. The highest BCUT2D eigenvalue weighted by Crippen LogP contribution is 2.24. The number of carbonyl (C=O) groups is 1. The highest BCUT2D eigenvalue weighted by atomic mass is 19.1. The van der Waals surface area contributed by atoms with E-state index in [9.17, 15) is 14.3 Å². The Morgan fingerprint density at radius 1 is 1.12 bits per heavy atom. The first-order valence-corrected chi connectivity index (χ1v) is 11.0. The van der Waals surface area contributed by atoms with Gasteiger partial charge in [0.05, 0.1) is 24.9 Å². The van der Waals surface area contributed by atoms with Gasteiger partial charge in [-0.05, 0) is 47.5 Å². The van der Waals surface area contributed by atoms with Crippen LogP contribution in [0.3, 0.4) is 0 Å². The predicted octanol–water partition coefficient (Wildman–Crippen LogP) is 3.46. The van der Waals surface area contributed by atoms with Crippen molar-refractivity contribution in [1.82, 2.24) is 10.3 Å². The maximum absolute atomic E-state index is 13.4. The summed E-state index contributed by atoms with van der Waals surface area (Å²) >= 11 is 0. The molecule has 0 aliphatic carbocycles. The molecule has 2 atom stereocenters. The Balaban J connectivity index is 1.57. The average Bonchev–Trinajstić information content (AvgIpc) is 3.36. The van der Waals surface area contributed by atoms with Crippen LogP contribution in [0.2, 0.25) is 0 Å². The fourth-order valence-corrected chi connectivity index (χ4v) is 3.96. The topological polar surface area (TPSA) is 83.8 Å². The Hall–Kier alpha value is -3.68. The first kappa shape index (κ1) is 23.5. The van der Waals surface area contributed by atoms with Gasteiger partial charge < -0.3 is 15.2 Å². The molecule has 0 saturated heterocycles. The van der Waals surface area contributed by atoms with Crippen LogP contribution >= 0.6 is 0 Å². The van der Waals surface area contributed by atoms with Crippen LogP contribution in [0.5, 0.6) is 0 Å². The van der Waals surface area contributed by atoms with Crippen molar-refractivity contribution in [2.45, 2.75) is 18.6 Å². The lowest BCUT2D eigenvalue weighted by Crippen LogP contribution is -2.47. The van der Waals surface area contributed by atoms with E-state index in [0.29, 0.717) is 29.8 Å². The molecule has 2 N–H and O–H groups in total. The second-order valence-electron chi connectivity index (χ2n) is 7.99. The van der Waals surface area contributed by atoms with E-state index in [4.69, 9.17) is 4.74 Å². The Kier molecular flexibility index (Phi) is 7.57. The zero-order chi connectivity index (χ0) is 23.9. The summed E-state index contributed by atoms with van der Waals surface area (Å²) in [5, 5.41) is 12.8. The molecule has 2 aromatic carbocycles. The number of benzene rings is 2. The quantitative estimate of drug-likeness (QED) is 0.513. The van der Waals surface area contributed by atoms with E-state index in [-0.39, 0.29) is 18.3 Å². The van der Waals surface area contributed by atoms with E-state index in [1.165, 1.54) is 19.2 Å². The van der Waals surface area contributed by atoms with Gasteiger partial charge in [-0.1, -0.05) is 36.4 Å². The van der Waals surface area contributed by atoms with E-state index in [0.717, 1.165) is 16.8 Å². The number of rotatable bonds is 9. The van der Waals surface area contributed by atoms with Crippen LogP contribution in [0.25, 0.3) is 5.57 Å². The maximum atomic E-state index is 13.4. The van der Waals surface area contributed by atoms with Crippen LogP contribution in [0.1, 0.15) is 27.2 Å². The molecular weight excluding hydrogens is 433 g/mol. The summed E-state index contributed by atoms with van der Waals surface area (Å²) in [6, 6.07) is 18.6. The fourth-order valence-electron chi connectivity index (χ4n) is 3.96. The summed E-state index contributed by atoms with van der Waals surface area (Å²) in [4.78, 5) is 22.3. The molecular formula is C27H26FN3O3. The zero-order valence-corrected chi connectivity index (χ0v) is 18.8. The summed E-state index contributed by atoms with van der Waals surface area (Å²) in [5.41, 5.74) is 4.49. The molecule has 1 amide bonds. The minimum Gasteiger partial charge on any atom is -0.394 e. The van der Waals surface area contributed by atoms with E-state index in [2.05, 4.69) is 15.3 Å². The monoisotopic (exact) mass is 459 g/mol. The molecule has 2 heterocycles. The van der Waals surface area contributed by atoms with E-state index in [1.54, 1.807) is 30.5 Å². The summed E-state index contributed by atoms with van der Waals surface area (Å²) in [7, 11) is 1.50. The van der Waals surface area contributed by atoms with Crippen molar-refractivity contribution in [2.24, 2.45) is 4.99 Å². The second-order valence-corrected chi connectivity index (χ2v) is 7.99. The molecule has 3 aromatic rings. The van der Waals surface area contributed by atoms with Crippen LogP contribution in [0.4, 0.5) is 4.39 Å². The Morgan fingerprint density at radius 3 is 2.59 bits per heavy atom. The number of nitrogens with one attached hydrogen (secondary N) is 1. The number of amides is 1. The van der Waals surface area contributed by atoms with Crippen molar-refractivity contribution in [3.8, 4) is 0 Å². The molecule has 0 spiro atoms. The van der Waals surface area contributed by atoms with Gasteiger partial charge in [-0.2, -0.15) is 0 Å². The van der Waals surface area contributed by atoms with Crippen molar-refractivity contribution in [2.75, 3.05) is 20.3 Å². The lowest BCUT2D eigenvalue weighted by Gasteiger charge is -2.26. The van der Waals surface area contributed by atoms with Crippen molar-refractivity contribution in [3.63, 3.8) is 0 Å². The molecule has 0 unspecified atom stereocenters. The molecule has 34 heavy (non-hydrogen) atoms. The predicted molar refractivity (Wildman–Crippen MR) is 129 cm³/mol. The number of methoxy groups -OCH3 is 1. The number of aromatic nitrogens is 1. The number of aliphatic hydroxyl groups is 1. The van der Waals surface area contributed by atoms with Crippen LogP contribution < -0.4 is 5.32 Å². The Bertz CT molecular complexity index is 1190. The second kappa shape index (κ2) is 11.0. The molecule has 0 fully saturated rings. The number of allylic oxidation sites excluding steroid dienone is 1. The van der Waals surface area contributed by atoms with Gasteiger partial charge in [0.25, 0.3) is 5.91 Å². The minimum atomic E-state index is -0.591. The summed E-state index contributed by atoms with van der Waals surface area (Å²) in [6.45, 7) is 0.210. The van der Waals surface area contributed by atoms with E-state index in [1.807, 2.05) is 36.4 Å². The number of carbonyl (C=O) groups excluding carboxylic acids is 1. The Morgan fingerprint density at radius 2 is 1.88 bits per heavy atom. The van der Waals surface area contributed by atoms with Crippen molar-refractivity contribution in [3.05, 3.63) is 107 Å². The van der Waals surface area contributed by atoms with Gasteiger partial charge in [0.2, 0.25) is 0 Å². The number of hydrogen-bond acceptors (Lipinski definition) is 5. The van der Waals surface area contributed by atoms with E-state index >= 15 is 0 Å². The van der Waals surface area contributed by atoms with Crippen LogP contribution in [-0.4, -0.2) is 54.1 Å². The van der Waals surface area contributed by atoms with Crippen molar-refractivity contribution >= 4 is 17.2 Å². The van der Waals surface area contributed by atoms with Gasteiger partial charge in [-0.25, -0.2) is 4.39 Å². The number of halogens is 1. The van der Waals surface area contributed by atoms with Crippen LogP contribution in [-0.2, 0) is 11.2 Å². The molecule has 0 bridgehead atoms. The maximum Gasteiger partial charge on any atom is 0.252 e. The van der Waals surface area contributed by atoms with Crippen LogP contribution in [0.15, 0.2) is 84.0 Å². The minimum absolute atomic E-state index is 0.244. The molecule has 174 valence electrons. The molecule has 6 nitrogen and oxygen atoms in total. The average molecular weight is 460 g/mol. The summed E-state index contributed by atoms with van der Waals surface area (Å²) < 4.78 is 18.7. The number of hydrogen-bond donors (Lipinski definition) is 2. The number of aliphatic imine (C=N–C) groups is 1.